The first-order valence-corrected chi connectivity index (χ1v) is 5.04. The fraction of sp³-hybridized carbons (Fsp3) is 0.900. The lowest BCUT2D eigenvalue weighted by atomic mass is 10.4. The highest BCUT2D eigenvalue weighted by Gasteiger charge is 2.09. The molecule has 0 saturated heterocycles. The predicted molar refractivity (Wildman–Crippen MR) is 57.3 cm³/mol. The standard InChI is InChI=1S/C10H22N2O2/c1-5-6-12(8-7-11(2)3)9-10(13)14-4/h5-9H2,1-4H3. The molecule has 14 heavy (non-hydrogen) atoms. The summed E-state index contributed by atoms with van der Waals surface area (Å²) in [5, 5.41) is 0. The van der Waals surface area contributed by atoms with Gasteiger partial charge in [0, 0.05) is 13.1 Å². The van der Waals surface area contributed by atoms with Gasteiger partial charge in [-0.25, -0.2) is 0 Å². The van der Waals surface area contributed by atoms with Gasteiger partial charge in [0.15, 0.2) is 0 Å². The summed E-state index contributed by atoms with van der Waals surface area (Å²) in [6, 6.07) is 0. The Bertz CT molecular complexity index is 160. The maximum absolute atomic E-state index is 11.1. The van der Waals surface area contributed by atoms with Gasteiger partial charge in [-0.3, -0.25) is 9.69 Å². The molecule has 0 atom stereocenters. The van der Waals surface area contributed by atoms with Crippen LogP contribution in [0.15, 0.2) is 0 Å². The van der Waals surface area contributed by atoms with E-state index in [9.17, 15) is 4.79 Å². The van der Waals surface area contributed by atoms with Crippen molar-refractivity contribution in [1.29, 1.82) is 0 Å². The van der Waals surface area contributed by atoms with Gasteiger partial charge in [-0.1, -0.05) is 6.92 Å². The van der Waals surface area contributed by atoms with Crippen LogP contribution in [0.5, 0.6) is 0 Å². The van der Waals surface area contributed by atoms with Crippen LogP contribution in [-0.2, 0) is 9.53 Å². The molecule has 0 fully saturated rings. The molecule has 0 spiro atoms. The molecule has 0 rings (SSSR count). The molecule has 0 unspecified atom stereocenters. The molecule has 0 amide bonds. The van der Waals surface area contributed by atoms with E-state index in [1.54, 1.807) is 0 Å². The summed E-state index contributed by atoms with van der Waals surface area (Å²) in [4.78, 5) is 15.3. The van der Waals surface area contributed by atoms with Crippen molar-refractivity contribution in [2.45, 2.75) is 13.3 Å². The zero-order valence-corrected chi connectivity index (χ0v) is 9.75. The van der Waals surface area contributed by atoms with Crippen LogP contribution < -0.4 is 0 Å². The Morgan fingerprint density at radius 3 is 2.29 bits per heavy atom. The number of nitrogens with zero attached hydrogens (tertiary/aromatic N) is 2. The molecule has 0 aliphatic heterocycles. The zero-order chi connectivity index (χ0) is 11.0. The van der Waals surface area contributed by atoms with Crippen molar-refractivity contribution >= 4 is 5.97 Å². The van der Waals surface area contributed by atoms with Gasteiger partial charge in [-0.05, 0) is 27.1 Å². The molecular formula is C10H22N2O2. The van der Waals surface area contributed by atoms with E-state index in [1.807, 2.05) is 14.1 Å². The first-order chi connectivity index (χ1) is 6.60. The Morgan fingerprint density at radius 2 is 1.86 bits per heavy atom. The number of ether oxygens (including phenoxy) is 1. The van der Waals surface area contributed by atoms with Crippen LogP contribution in [0.4, 0.5) is 0 Å². The molecule has 0 bridgehead atoms. The minimum atomic E-state index is -0.155. The molecule has 0 heterocycles. The molecule has 0 aliphatic carbocycles. The Morgan fingerprint density at radius 1 is 1.21 bits per heavy atom. The van der Waals surface area contributed by atoms with Gasteiger partial charge in [0.2, 0.25) is 0 Å². The average Bonchev–Trinajstić information content (AvgIpc) is 2.14. The molecule has 84 valence electrons. The summed E-state index contributed by atoms with van der Waals surface area (Å²) in [6.07, 6.45) is 1.06. The largest absolute Gasteiger partial charge is 0.468 e. The summed E-state index contributed by atoms with van der Waals surface area (Å²) in [5.74, 6) is -0.155. The van der Waals surface area contributed by atoms with E-state index >= 15 is 0 Å². The van der Waals surface area contributed by atoms with Crippen molar-refractivity contribution in [3.8, 4) is 0 Å². The molecule has 4 nitrogen and oxygen atoms in total. The van der Waals surface area contributed by atoms with Gasteiger partial charge in [0.25, 0.3) is 0 Å². The molecule has 4 heteroatoms. The van der Waals surface area contributed by atoms with E-state index in [1.165, 1.54) is 7.11 Å². The van der Waals surface area contributed by atoms with Gasteiger partial charge in [-0.2, -0.15) is 0 Å². The number of methoxy groups -OCH3 is 1. The van der Waals surface area contributed by atoms with Crippen molar-refractivity contribution in [3.05, 3.63) is 0 Å². The molecule has 0 aromatic heterocycles. The van der Waals surface area contributed by atoms with Crippen LogP contribution in [-0.4, -0.2) is 63.2 Å². The van der Waals surface area contributed by atoms with E-state index in [-0.39, 0.29) is 5.97 Å². The minimum Gasteiger partial charge on any atom is -0.468 e. The van der Waals surface area contributed by atoms with Crippen molar-refractivity contribution in [3.63, 3.8) is 0 Å². The van der Waals surface area contributed by atoms with E-state index in [2.05, 4.69) is 21.5 Å². The number of esters is 1. The minimum absolute atomic E-state index is 0.155. The lowest BCUT2D eigenvalue weighted by molar-refractivity contribution is -0.141. The quantitative estimate of drug-likeness (QED) is 0.561. The van der Waals surface area contributed by atoms with Gasteiger partial charge in [-0.15, -0.1) is 0 Å². The summed E-state index contributed by atoms with van der Waals surface area (Å²) in [5.41, 5.74) is 0. The number of hydrogen-bond acceptors (Lipinski definition) is 4. The molecule has 0 aliphatic rings. The molecule has 0 saturated carbocycles. The van der Waals surface area contributed by atoms with Crippen molar-refractivity contribution in [2.24, 2.45) is 0 Å². The van der Waals surface area contributed by atoms with Crippen LogP contribution >= 0.6 is 0 Å². The highest BCUT2D eigenvalue weighted by atomic mass is 16.5. The highest BCUT2D eigenvalue weighted by molar-refractivity contribution is 5.71. The maximum atomic E-state index is 11.1. The monoisotopic (exact) mass is 202 g/mol. The molecule has 0 radical (unpaired) electrons. The van der Waals surface area contributed by atoms with Gasteiger partial charge in [0.05, 0.1) is 13.7 Å². The first-order valence-electron chi connectivity index (χ1n) is 5.04. The molecule has 0 aromatic carbocycles. The second-order valence-corrected chi connectivity index (χ2v) is 3.66. The van der Waals surface area contributed by atoms with Crippen LogP contribution in [0.2, 0.25) is 0 Å². The fourth-order valence-electron chi connectivity index (χ4n) is 1.17. The normalized spacial score (nSPS) is 11.0. The lowest BCUT2D eigenvalue weighted by Gasteiger charge is -2.22. The van der Waals surface area contributed by atoms with E-state index in [0.717, 1.165) is 26.1 Å². The topological polar surface area (TPSA) is 32.8 Å². The second-order valence-electron chi connectivity index (χ2n) is 3.66. The second kappa shape index (κ2) is 7.76. The van der Waals surface area contributed by atoms with Crippen LogP contribution in [0.1, 0.15) is 13.3 Å². The predicted octanol–water partition coefficient (Wildman–Crippen LogP) is 0.433. The van der Waals surface area contributed by atoms with E-state index < -0.39 is 0 Å². The zero-order valence-electron chi connectivity index (χ0n) is 9.75. The summed E-state index contributed by atoms with van der Waals surface area (Å²) in [6.45, 7) is 5.34. The van der Waals surface area contributed by atoms with Crippen LogP contribution in [0.25, 0.3) is 0 Å². The Balaban J connectivity index is 3.82. The van der Waals surface area contributed by atoms with Gasteiger partial charge >= 0.3 is 5.97 Å². The SMILES string of the molecule is CCCN(CCN(C)C)CC(=O)OC. The number of carbonyl (C=O) groups is 1. The van der Waals surface area contributed by atoms with Gasteiger partial charge in [0.1, 0.15) is 0 Å². The number of rotatable bonds is 7. The van der Waals surface area contributed by atoms with E-state index in [0.29, 0.717) is 6.54 Å². The van der Waals surface area contributed by atoms with Crippen molar-refractivity contribution in [1.82, 2.24) is 9.80 Å². The van der Waals surface area contributed by atoms with Crippen LogP contribution in [0, 0.1) is 0 Å². The van der Waals surface area contributed by atoms with E-state index in [4.69, 9.17) is 0 Å². The third-order valence-corrected chi connectivity index (χ3v) is 1.98. The Hall–Kier alpha value is -0.610. The maximum Gasteiger partial charge on any atom is 0.319 e. The number of carbonyl (C=O) groups excluding carboxylic acids is 1. The Kier molecular flexibility index (Phi) is 7.42. The first kappa shape index (κ1) is 13.4. The third kappa shape index (κ3) is 6.86. The summed E-state index contributed by atoms with van der Waals surface area (Å²) >= 11 is 0. The number of likely N-dealkylation sites (N-methyl/N-ethyl adjacent to an activating group) is 1. The van der Waals surface area contributed by atoms with Crippen molar-refractivity contribution in [2.75, 3.05) is 47.4 Å². The highest BCUT2D eigenvalue weighted by Crippen LogP contribution is 1.93. The fourth-order valence-corrected chi connectivity index (χ4v) is 1.17. The lowest BCUT2D eigenvalue weighted by Crippen LogP contribution is -2.36. The summed E-state index contributed by atoms with van der Waals surface area (Å²) in [7, 11) is 5.49. The van der Waals surface area contributed by atoms with Crippen LogP contribution in [0.3, 0.4) is 0 Å². The van der Waals surface area contributed by atoms with Gasteiger partial charge < -0.3 is 9.64 Å². The third-order valence-electron chi connectivity index (χ3n) is 1.98. The van der Waals surface area contributed by atoms with Crippen molar-refractivity contribution < 1.29 is 9.53 Å². The molecule has 0 aromatic rings. The smallest absolute Gasteiger partial charge is 0.319 e. The average molecular weight is 202 g/mol. The molecule has 0 N–H and O–H groups in total. The molecular weight excluding hydrogens is 180 g/mol. The number of hydrogen-bond donors (Lipinski definition) is 0. The summed E-state index contributed by atoms with van der Waals surface area (Å²) < 4.78 is 4.64. The Labute approximate surface area is 86.8 Å².